The van der Waals surface area contributed by atoms with E-state index in [-0.39, 0.29) is 18.6 Å². The number of hydrogen-bond donors (Lipinski definition) is 1. The van der Waals surface area contributed by atoms with Crippen molar-refractivity contribution >= 4 is 11.9 Å². The molecule has 1 aromatic carbocycles. The third kappa shape index (κ3) is 5.23. The molecule has 0 bridgehead atoms. The average Bonchev–Trinajstić information content (AvgIpc) is 2.57. The fourth-order valence-electron chi connectivity index (χ4n) is 2.79. The number of nitrogens with one attached hydrogen (secondary N) is 1. The average molecular weight is 315 g/mol. The van der Waals surface area contributed by atoms with Gasteiger partial charge in [0.1, 0.15) is 0 Å². The van der Waals surface area contributed by atoms with E-state index in [2.05, 4.69) is 23.5 Å². The van der Waals surface area contributed by atoms with Gasteiger partial charge in [0.25, 0.3) is 5.91 Å². The molecule has 1 N–H and O–H groups in total. The number of carbonyl (C=O) groups is 2. The Balaban J connectivity index is 1.86. The topological polar surface area (TPSA) is 55.4 Å². The van der Waals surface area contributed by atoms with E-state index < -0.39 is 5.97 Å². The summed E-state index contributed by atoms with van der Waals surface area (Å²) in [5.41, 5.74) is 3.91. The summed E-state index contributed by atoms with van der Waals surface area (Å²) in [4.78, 5) is 23.2. The van der Waals surface area contributed by atoms with Gasteiger partial charge in [0, 0.05) is 6.08 Å². The fourth-order valence-corrected chi connectivity index (χ4v) is 2.79. The number of esters is 1. The number of hydrogen-bond acceptors (Lipinski definition) is 3. The Hall–Kier alpha value is -2.10. The third-order valence-electron chi connectivity index (χ3n) is 4.09. The highest BCUT2D eigenvalue weighted by Gasteiger charge is 2.14. The highest BCUT2D eigenvalue weighted by Crippen LogP contribution is 2.24. The molecule has 1 aliphatic carbocycles. The van der Waals surface area contributed by atoms with Gasteiger partial charge < -0.3 is 10.1 Å². The highest BCUT2D eigenvalue weighted by atomic mass is 16.5. The number of benzene rings is 1. The molecule has 1 aliphatic rings. The van der Waals surface area contributed by atoms with E-state index in [1.165, 1.54) is 30.0 Å². The summed E-state index contributed by atoms with van der Waals surface area (Å²) in [6.07, 6.45) is 8.57. The van der Waals surface area contributed by atoms with Crippen LogP contribution in [0.15, 0.2) is 30.4 Å². The lowest BCUT2D eigenvalue weighted by Crippen LogP contribution is -2.31. The summed E-state index contributed by atoms with van der Waals surface area (Å²) in [6.45, 7) is 3.63. The third-order valence-corrected chi connectivity index (χ3v) is 4.09. The molecule has 0 aliphatic heterocycles. The Morgan fingerprint density at radius 2 is 2.00 bits per heavy atom. The Bertz CT molecular complexity index is 592. The number of allylic oxidation sites excluding steroid dienone is 1. The van der Waals surface area contributed by atoms with E-state index in [1.54, 1.807) is 6.08 Å². The summed E-state index contributed by atoms with van der Waals surface area (Å²) in [7, 11) is 0. The van der Waals surface area contributed by atoms with Crippen molar-refractivity contribution < 1.29 is 14.3 Å². The summed E-state index contributed by atoms with van der Waals surface area (Å²) in [6, 6.07) is 6.34. The molecule has 0 saturated heterocycles. The number of carbonyl (C=O) groups excluding carboxylic acids is 2. The number of aryl methyl sites for hydroxylation is 2. The second-order valence-corrected chi connectivity index (χ2v) is 5.94. The van der Waals surface area contributed by atoms with Gasteiger partial charge in [-0.2, -0.15) is 0 Å². The van der Waals surface area contributed by atoms with Gasteiger partial charge >= 0.3 is 5.97 Å². The Morgan fingerprint density at radius 1 is 1.26 bits per heavy atom. The van der Waals surface area contributed by atoms with Gasteiger partial charge in [0.15, 0.2) is 6.61 Å². The van der Waals surface area contributed by atoms with Crippen molar-refractivity contribution in [2.45, 2.75) is 52.0 Å². The first-order valence-electron chi connectivity index (χ1n) is 8.34. The van der Waals surface area contributed by atoms with Crippen LogP contribution in [-0.2, 0) is 27.2 Å². The summed E-state index contributed by atoms with van der Waals surface area (Å²) >= 11 is 0. The van der Waals surface area contributed by atoms with Crippen molar-refractivity contribution in [1.29, 1.82) is 0 Å². The fraction of sp³-hybridized carbons (Fsp3) is 0.474. The minimum absolute atomic E-state index is 0.0976. The van der Waals surface area contributed by atoms with Gasteiger partial charge in [-0.05, 0) is 55.7 Å². The zero-order valence-corrected chi connectivity index (χ0v) is 13.9. The summed E-state index contributed by atoms with van der Waals surface area (Å²) in [5, 5.41) is 2.87. The van der Waals surface area contributed by atoms with Crippen LogP contribution in [0.4, 0.5) is 0 Å². The molecule has 4 heteroatoms. The molecule has 0 spiro atoms. The van der Waals surface area contributed by atoms with Gasteiger partial charge in [-0.15, -0.1) is 0 Å². The quantitative estimate of drug-likeness (QED) is 0.647. The largest absolute Gasteiger partial charge is 0.452 e. The smallest absolute Gasteiger partial charge is 0.330 e. The Labute approximate surface area is 137 Å². The molecule has 1 amide bonds. The van der Waals surface area contributed by atoms with Crippen molar-refractivity contribution in [1.82, 2.24) is 5.32 Å². The second kappa shape index (κ2) is 8.51. The monoisotopic (exact) mass is 315 g/mol. The highest BCUT2D eigenvalue weighted by molar-refractivity contribution is 5.85. The Kier molecular flexibility index (Phi) is 6.39. The first-order valence-corrected chi connectivity index (χ1v) is 8.34. The maximum absolute atomic E-state index is 11.9. The molecule has 2 rings (SSSR count). The predicted molar refractivity (Wildman–Crippen MR) is 90.0 cm³/mol. The van der Waals surface area contributed by atoms with Crippen LogP contribution in [0.5, 0.6) is 0 Å². The maximum Gasteiger partial charge on any atom is 0.330 e. The van der Waals surface area contributed by atoms with Crippen molar-refractivity contribution in [3.05, 3.63) is 47.0 Å². The standard InChI is InChI=1S/C19H25NO3/c1-3-4-9-19(22)23-13-18(21)20-14(2)16-11-10-15-7-5-6-8-17(15)12-16/h4,9-12,14H,3,5-8,13H2,1-2H3,(H,20,21)/b9-4+/t14-/m1/s1. The molecule has 124 valence electrons. The van der Waals surface area contributed by atoms with Crippen LogP contribution >= 0.6 is 0 Å². The van der Waals surface area contributed by atoms with Gasteiger partial charge in [-0.3, -0.25) is 4.79 Å². The van der Waals surface area contributed by atoms with E-state index >= 15 is 0 Å². The number of fused-ring (bicyclic) bond motifs is 1. The van der Waals surface area contributed by atoms with E-state index in [4.69, 9.17) is 4.74 Å². The zero-order valence-electron chi connectivity index (χ0n) is 13.9. The SMILES string of the molecule is CC/C=C/C(=O)OCC(=O)N[C@H](C)c1ccc2c(c1)CCCC2. The van der Waals surface area contributed by atoms with E-state index in [9.17, 15) is 9.59 Å². The molecule has 1 atom stereocenters. The summed E-state index contributed by atoms with van der Waals surface area (Å²) < 4.78 is 4.90. The van der Waals surface area contributed by atoms with Crippen molar-refractivity contribution in [3.8, 4) is 0 Å². The van der Waals surface area contributed by atoms with Gasteiger partial charge in [0.2, 0.25) is 0 Å². The molecule has 0 unspecified atom stereocenters. The van der Waals surface area contributed by atoms with Crippen molar-refractivity contribution in [2.75, 3.05) is 6.61 Å². The van der Waals surface area contributed by atoms with Crippen molar-refractivity contribution in [2.24, 2.45) is 0 Å². The molecule has 0 fully saturated rings. The molecule has 23 heavy (non-hydrogen) atoms. The summed E-state index contributed by atoms with van der Waals surface area (Å²) in [5.74, 6) is -0.767. The zero-order chi connectivity index (χ0) is 16.7. The first-order chi connectivity index (χ1) is 11.1. The van der Waals surface area contributed by atoms with E-state index in [1.807, 2.05) is 13.8 Å². The van der Waals surface area contributed by atoms with Crippen molar-refractivity contribution in [3.63, 3.8) is 0 Å². The molecule has 0 saturated carbocycles. The number of ether oxygens (including phenoxy) is 1. The van der Waals surface area contributed by atoms with Crippen LogP contribution in [0.2, 0.25) is 0 Å². The molecular weight excluding hydrogens is 290 g/mol. The molecule has 0 heterocycles. The van der Waals surface area contributed by atoms with Gasteiger partial charge in [-0.25, -0.2) is 4.79 Å². The first kappa shape index (κ1) is 17.3. The molecule has 0 aromatic heterocycles. The molecule has 4 nitrogen and oxygen atoms in total. The second-order valence-electron chi connectivity index (χ2n) is 5.94. The molecule has 0 radical (unpaired) electrons. The van der Waals surface area contributed by atoms with Crippen LogP contribution in [0, 0.1) is 0 Å². The van der Waals surface area contributed by atoms with Gasteiger partial charge in [-0.1, -0.05) is 31.2 Å². The van der Waals surface area contributed by atoms with Crippen LogP contribution in [-0.4, -0.2) is 18.5 Å². The minimum atomic E-state index is -0.483. The number of rotatable bonds is 6. The van der Waals surface area contributed by atoms with Crippen LogP contribution in [0.1, 0.15) is 55.8 Å². The van der Waals surface area contributed by atoms with E-state index in [0.717, 1.165) is 24.8 Å². The van der Waals surface area contributed by atoms with E-state index in [0.29, 0.717) is 0 Å². The molecular formula is C19H25NO3. The normalized spacial score (nSPS) is 15.0. The van der Waals surface area contributed by atoms with Crippen LogP contribution in [0.25, 0.3) is 0 Å². The van der Waals surface area contributed by atoms with Gasteiger partial charge in [0.05, 0.1) is 6.04 Å². The lowest BCUT2D eigenvalue weighted by molar-refractivity contribution is -0.144. The predicted octanol–water partition coefficient (Wildman–Crippen LogP) is 3.25. The lowest BCUT2D eigenvalue weighted by atomic mass is 9.89. The maximum atomic E-state index is 11.9. The van der Waals surface area contributed by atoms with Crippen LogP contribution in [0.3, 0.4) is 0 Å². The lowest BCUT2D eigenvalue weighted by Gasteiger charge is -2.20. The molecule has 1 aromatic rings. The van der Waals surface area contributed by atoms with Crippen LogP contribution < -0.4 is 5.32 Å². The minimum Gasteiger partial charge on any atom is -0.452 e. The Morgan fingerprint density at radius 3 is 2.74 bits per heavy atom. The number of amides is 1.